The number of methoxy groups -OCH3 is 1. The Kier molecular flexibility index (Phi) is 3.05. The van der Waals surface area contributed by atoms with Gasteiger partial charge in [0.05, 0.1) is 12.7 Å². The molecule has 0 spiro atoms. The lowest BCUT2D eigenvalue weighted by Gasteiger charge is -2.09. The molecule has 16 heavy (non-hydrogen) atoms. The fourth-order valence-electron chi connectivity index (χ4n) is 1.63. The lowest BCUT2D eigenvalue weighted by Crippen LogP contribution is -2.16. The average molecular weight is 225 g/mol. The van der Waals surface area contributed by atoms with Crippen LogP contribution in [0.25, 0.3) is 0 Å². The van der Waals surface area contributed by atoms with Crippen molar-refractivity contribution in [1.82, 2.24) is 5.32 Å². The van der Waals surface area contributed by atoms with E-state index in [1.807, 2.05) is 0 Å². The van der Waals surface area contributed by atoms with E-state index in [1.165, 1.54) is 7.11 Å². The van der Waals surface area contributed by atoms with E-state index in [4.69, 9.17) is 4.74 Å². The van der Waals surface area contributed by atoms with Crippen LogP contribution >= 0.6 is 0 Å². The molecule has 0 aromatic heterocycles. The molecule has 0 saturated heterocycles. The van der Waals surface area contributed by atoms with E-state index < -0.39 is 11.8 Å². The van der Waals surface area contributed by atoms with Crippen molar-refractivity contribution in [2.45, 2.75) is 6.54 Å². The van der Waals surface area contributed by atoms with Crippen LogP contribution in [0.1, 0.15) is 15.9 Å². The number of fused-ring (bicyclic) bond motifs is 1. The third kappa shape index (κ3) is 1.99. The summed E-state index contributed by atoms with van der Waals surface area (Å²) in [6.07, 6.45) is 0. The Bertz CT molecular complexity index is 420. The summed E-state index contributed by atoms with van der Waals surface area (Å²) < 4.78 is 23.5. The van der Waals surface area contributed by atoms with Gasteiger partial charge in [-0.2, -0.15) is 0 Å². The van der Waals surface area contributed by atoms with Crippen LogP contribution in [0.5, 0.6) is 5.75 Å². The van der Waals surface area contributed by atoms with Crippen LogP contribution in [0.3, 0.4) is 0 Å². The largest absolute Gasteiger partial charge is 0.489 e. The smallest absolute Gasteiger partial charge is 0.337 e. The molecular formula is C11H12FNO3. The number of carbonyl (C=O) groups excluding carboxylic acids is 1. The molecule has 1 heterocycles. The minimum atomic E-state index is -0.550. The molecule has 0 fully saturated rings. The standard InChI is InChI=1S/C11H12FNO3/c1-15-11(14)7-4-8-6-13-2-3-16-10(8)9(12)5-7/h4-5,13H,2-3,6H2,1H3. The number of esters is 1. The SMILES string of the molecule is COC(=O)c1cc(F)c2c(c1)CNCCO2. The normalized spacial score (nSPS) is 14.6. The fourth-order valence-corrected chi connectivity index (χ4v) is 1.63. The van der Waals surface area contributed by atoms with Crippen LogP contribution in [0, 0.1) is 5.82 Å². The highest BCUT2D eigenvalue weighted by molar-refractivity contribution is 5.89. The van der Waals surface area contributed by atoms with E-state index >= 15 is 0 Å². The Balaban J connectivity index is 2.43. The number of rotatable bonds is 1. The van der Waals surface area contributed by atoms with Gasteiger partial charge in [0.1, 0.15) is 6.61 Å². The number of halogens is 1. The van der Waals surface area contributed by atoms with Crippen molar-refractivity contribution in [3.63, 3.8) is 0 Å². The molecule has 86 valence electrons. The molecule has 1 N–H and O–H groups in total. The highest BCUT2D eigenvalue weighted by atomic mass is 19.1. The number of hydrogen-bond donors (Lipinski definition) is 1. The first-order chi connectivity index (χ1) is 7.72. The molecule has 5 heteroatoms. The van der Waals surface area contributed by atoms with Gasteiger partial charge in [-0.05, 0) is 12.1 Å². The van der Waals surface area contributed by atoms with Crippen molar-refractivity contribution in [2.24, 2.45) is 0 Å². The number of hydrogen-bond acceptors (Lipinski definition) is 4. The second kappa shape index (κ2) is 4.49. The average Bonchev–Trinajstić information content (AvgIpc) is 2.53. The van der Waals surface area contributed by atoms with E-state index in [0.29, 0.717) is 25.3 Å². The number of ether oxygens (including phenoxy) is 2. The summed E-state index contributed by atoms with van der Waals surface area (Å²) in [6.45, 7) is 1.56. The molecule has 0 aliphatic carbocycles. The molecule has 1 aliphatic rings. The van der Waals surface area contributed by atoms with Crippen LogP contribution in [-0.2, 0) is 11.3 Å². The molecule has 1 aromatic rings. The molecule has 4 nitrogen and oxygen atoms in total. The molecule has 0 unspecified atom stereocenters. The quantitative estimate of drug-likeness (QED) is 0.727. The van der Waals surface area contributed by atoms with Gasteiger partial charge in [0.2, 0.25) is 0 Å². The first-order valence-corrected chi connectivity index (χ1v) is 4.96. The zero-order chi connectivity index (χ0) is 11.5. The van der Waals surface area contributed by atoms with Gasteiger partial charge in [-0.15, -0.1) is 0 Å². The third-order valence-corrected chi connectivity index (χ3v) is 2.38. The van der Waals surface area contributed by atoms with Gasteiger partial charge < -0.3 is 14.8 Å². The van der Waals surface area contributed by atoms with E-state index in [1.54, 1.807) is 6.07 Å². The second-order valence-corrected chi connectivity index (χ2v) is 3.46. The lowest BCUT2D eigenvalue weighted by molar-refractivity contribution is 0.0600. The number of nitrogens with one attached hydrogen (secondary N) is 1. The monoisotopic (exact) mass is 225 g/mol. The Morgan fingerprint density at radius 3 is 3.12 bits per heavy atom. The van der Waals surface area contributed by atoms with Crippen molar-refractivity contribution in [1.29, 1.82) is 0 Å². The fraction of sp³-hybridized carbons (Fsp3) is 0.364. The Morgan fingerprint density at radius 2 is 2.38 bits per heavy atom. The molecule has 0 atom stereocenters. The summed E-state index contributed by atoms with van der Waals surface area (Å²) in [6, 6.07) is 2.72. The Labute approximate surface area is 92.4 Å². The van der Waals surface area contributed by atoms with Gasteiger partial charge in [-0.1, -0.05) is 0 Å². The molecule has 0 radical (unpaired) electrons. The van der Waals surface area contributed by atoms with E-state index in [0.717, 1.165) is 6.07 Å². The zero-order valence-corrected chi connectivity index (χ0v) is 8.88. The van der Waals surface area contributed by atoms with Crippen molar-refractivity contribution >= 4 is 5.97 Å². The summed E-state index contributed by atoms with van der Waals surface area (Å²) in [4.78, 5) is 11.3. The second-order valence-electron chi connectivity index (χ2n) is 3.46. The van der Waals surface area contributed by atoms with Gasteiger partial charge in [0, 0.05) is 18.7 Å². The molecular weight excluding hydrogens is 213 g/mol. The lowest BCUT2D eigenvalue weighted by atomic mass is 10.1. The molecule has 0 amide bonds. The van der Waals surface area contributed by atoms with E-state index in [9.17, 15) is 9.18 Å². The summed E-state index contributed by atoms with van der Waals surface area (Å²) in [5.74, 6) is -0.856. The molecule has 0 saturated carbocycles. The van der Waals surface area contributed by atoms with Crippen molar-refractivity contribution in [3.8, 4) is 5.75 Å². The van der Waals surface area contributed by atoms with Crippen molar-refractivity contribution in [3.05, 3.63) is 29.1 Å². The summed E-state index contributed by atoms with van der Waals surface area (Å²) >= 11 is 0. The van der Waals surface area contributed by atoms with Crippen LogP contribution in [0.2, 0.25) is 0 Å². The van der Waals surface area contributed by atoms with Crippen LogP contribution < -0.4 is 10.1 Å². The molecule has 0 bridgehead atoms. The molecule has 1 aliphatic heterocycles. The Hall–Kier alpha value is -1.62. The van der Waals surface area contributed by atoms with Crippen LogP contribution in [-0.4, -0.2) is 26.2 Å². The maximum Gasteiger partial charge on any atom is 0.337 e. The highest BCUT2D eigenvalue weighted by Crippen LogP contribution is 2.26. The topological polar surface area (TPSA) is 47.6 Å². The zero-order valence-electron chi connectivity index (χ0n) is 8.88. The summed E-state index contributed by atoms with van der Waals surface area (Å²) in [5, 5.41) is 3.07. The first-order valence-electron chi connectivity index (χ1n) is 4.96. The van der Waals surface area contributed by atoms with Gasteiger partial charge in [0.15, 0.2) is 11.6 Å². The third-order valence-electron chi connectivity index (χ3n) is 2.38. The summed E-state index contributed by atoms with van der Waals surface area (Å²) in [7, 11) is 1.26. The first kappa shape index (κ1) is 10.9. The molecule has 2 rings (SSSR count). The molecule has 1 aromatic carbocycles. The Morgan fingerprint density at radius 1 is 1.56 bits per heavy atom. The minimum Gasteiger partial charge on any atom is -0.489 e. The van der Waals surface area contributed by atoms with Gasteiger partial charge in [-0.25, -0.2) is 9.18 Å². The number of carbonyl (C=O) groups is 1. The van der Waals surface area contributed by atoms with Gasteiger partial charge >= 0.3 is 5.97 Å². The van der Waals surface area contributed by atoms with E-state index in [2.05, 4.69) is 10.1 Å². The maximum atomic E-state index is 13.6. The predicted octanol–water partition coefficient (Wildman–Crippen LogP) is 1.09. The van der Waals surface area contributed by atoms with E-state index in [-0.39, 0.29) is 11.3 Å². The van der Waals surface area contributed by atoms with Crippen molar-refractivity contribution < 1.29 is 18.7 Å². The predicted molar refractivity (Wildman–Crippen MR) is 54.9 cm³/mol. The van der Waals surface area contributed by atoms with Crippen LogP contribution in [0.4, 0.5) is 4.39 Å². The van der Waals surface area contributed by atoms with Gasteiger partial charge in [0.25, 0.3) is 0 Å². The highest BCUT2D eigenvalue weighted by Gasteiger charge is 2.17. The van der Waals surface area contributed by atoms with Gasteiger partial charge in [-0.3, -0.25) is 0 Å². The van der Waals surface area contributed by atoms with Crippen LogP contribution in [0.15, 0.2) is 12.1 Å². The summed E-state index contributed by atoms with van der Waals surface area (Å²) in [5.41, 5.74) is 0.837. The van der Waals surface area contributed by atoms with Crippen molar-refractivity contribution in [2.75, 3.05) is 20.3 Å². The minimum absolute atomic E-state index is 0.200. The number of benzene rings is 1. The maximum absolute atomic E-state index is 13.6.